The monoisotopic (exact) mass is 171 g/mol. The predicted molar refractivity (Wildman–Crippen MR) is 51.3 cm³/mol. The highest BCUT2D eigenvalue weighted by atomic mass is 16.5. The molecule has 0 aromatic rings. The highest BCUT2D eigenvalue weighted by molar-refractivity contribution is 4.72. The molecule has 1 N–H and O–H groups in total. The van der Waals surface area contributed by atoms with Gasteiger partial charge in [0.25, 0.3) is 0 Å². The summed E-state index contributed by atoms with van der Waals surface area (Å²) in [6, 6.07) is 0. The van der Waals surface area contributed by atoms with Gasteiger partial charge in [-0.2, -0.15) is 0 Å². The van der Waals surface area contributed by atoms with Crippen molar-refractivity contribution < 1.29 is 4.74 Å². The largest absolute Gasteiger partial charge is 0.381 e. The van der Waals surface area contributed by atoms with Gasteiger partial charge in [-0.05, 0) is 31.8 Å². The van der Waals surface area contributed by atoms with Gasteiger partial charge in [-0.3, -0.25) is 0 Å². The predicted octanol–water partition coefficient (Wildman–Crippen LogP) is 1.66. The van der Waals surface area contributed by atoms with E-state index in [9.17, 15) is 0 Å². The zero-order valence-electron chi connectivity index (χ0n) is 8.31. The molecule has 1 saturated carbocycles. The molecule has 2 nitrogen and oxygen atoms in total. The quantitative estimate of drug-likeness (QED) is 0.588. The molecule has 12 heavy (non-hydrogen) atoms. The van der Waals surface area contributed by atoms with Gasteiger partial charge in [-0.15, -0.1) is 0 Å². The summed E-state index contributed by atoms with van der Waals surface area (Å²) in [5.41, 5.74) is 0. The van der Waals surface area contributed by atoms with Crippen LogP contribution in [0.5, 0.6) is 0 Å². The van der Waals surface area contributed by atoms with Crippen molar-refractivity contribution in [1.82, 2.24) is 5.32 Å². The first kappa shape index (κ1) is 10.0. The van der Waals surface area contributed by atoms with E-state index in [1.165, 1.54) is 19.3 Å². The number of ether oxygens (including phenoxy) is 1. The average Bonchev–Trinajstić information content (AvgIpc) is 2.82. The van der Waals surface area contributed by atoms with Gasteiger partial charge in [0.1, 0.15) is 0 Å². The van der Waals surface area contributed by atoms with Gasteiger partial charge in [0.2, 0.25) is 0 Å². The minimum atomic E-state index is 0.647. The molecular formula is C10H21NO. The fourth-order valence-electron chi connectivity index (χ4n) is 1.35. The van der Waals surface area contributed by atoms with Crippen LogP contribution >= 0.6 is 0 Å². The van der Waals surface area contributed by atoms with Crippen LogP contribution in [-0.4, -0.2) is 26.8 Å². The molecule has 1 aliphatic carbocycles. The third-order valence-corrected chi connectivity index (χ3v) is 2.32. The first-order valence-corrected chi connectivity index (χ1v) is 5.05. The molecule has 1 unspecified atom stereocenters. The van der Waals surface area contributed by atoms with E-state index in [1.807, 2.05) is 7.05 Å². The summed E-state index contributed by atoms with van der Waals surface area (Å²) in [5.74, 6) is 1.65. The third-order valence-electron chi connectivity index (χ3n) is 2.32. The second-order valence-electron chi connectivity index (χ2n) is 3.97. The fourth-order valence-corrected chi connectivity index (χ4v) is 1.35. The molecule has 0 spiro atoms. The summed E-state index contributed by atoms with van der Waals surface area (Å²) >= 11 is 0. The lowest BCUT2D eigenvalue weighted by Gasteiger charge is -2.10. The molecule has 2 heteroatoms. The fraction of sp³-hybridized carbons (Fsp3) is 1.00. The van der Waals surface area contributed by atoms with Gasteiger partial charge >= 0.3 is 0 Å². The molecule has 0 radical (unpaired) electrons. The molecule has 0 aromatic heterocycles. The SMILES string of the molecule is CNCC(C)COCCC1CC1. The summed E-state index contributed by atoms with van der Waals surface area (Å²) in [6.07, 6.45) is 4.16. The minimum Gasteiger partial charge on any atom is -0.381 e. The Kier molecular flexibility index (Phi) is 4.62. The maximum atomic E-state index is 5.56. The van der Waals surface area contributed by atoms with Crippen molar-refractivity contribution >= 4 is 0 Å². The summed E-state index contributed by atoms with van der Waals surface area (Å²) in [5, 5.41) is 3.15. The van der Waals surface area contributed by atoms with Gasteiger partial charge in [0.15, 0.2) is 0 Å². The lowest BCUT2D eigenvalue weighted by atomic mass is 10.2. The van der Waals surface area contributed by atoms with Crippen LogP contribution in [-0.2, 0) is 4.74 Å². The number of hydrogen-bond acceptors (Lipinski definition) is 2. The molecule has 0 aromatic carbocycles. The Morgan fingerprint density at radius 3 is 2.83 bits per heavy atom. The van der Waals surface area contributed by atoms with Crippen LogP contribution in [0.15, 0.2) is 0 Å². The molecular weight excluding hydrogens is 150 g/mol. The molecule has 0 heterocycles. The molecule has 0 aliphatic heterocycles. The van der Waals surface area contributed by atoms with Gasteiger partial charge < -0.3 is 10.1 Å². The number of nitrogens with one attached hydrogen (secondary N) is 1. The van der Waals surface area contributed by atoms with Crippen LogP contribution in [0.1, 0.15) is 26.2 Å². The molecule has 0 bridgehead atoms. The number of hydrogen-bond donors (Lipinski definition) is 1. The zero-order valence-corrected chi connectivity index (χ0v) is 8.31. The van der Waals surface area contributed by atoms with Crippen molar-refractivity contribution in [1.29, 1.82) is 0 Å². The van der Waals surface area contributed by atoms with Crippen LogP contribution in [0.4, 0.5) is 0 Å². The maximum absolute atomic E-state index is 5.56. The van der Waals surface area contributed by atoms with Crippen molar-refractivity contribution in [2.45, 2.75) is 26.2 Å². The Hall–Kier alpha value is -0.0800. The van der Waals surface area contributed by atoms with Crippen molar-refractivity contribution in [3.05, 3.63) is 0 Å². The summed E-state index contributed by atoms with van der Waals surface area (Å²) in [4.78, 5) is 0. The van der Waals surface area contributed by atoms with E-state index in [4.69, 9.17) is 4.74 Å². The van der Waals surface area contributed by atoms with Crippen LogP contribution in [0.25, 0.3) is 0 Å². The molecule has 1 rings (SSSR count). The van der Waals surface area contributed by atoms with E-state index in [0.717, 1.165) is 25.7 Å². The lowest BCUT2D eigenvalue weighted by Crippen LogP contribution is -2.20. The van der Waals surface area contributed by atoms with Crippen molar-refractivity contribution in [3.63, 3.8) is 0 Å². The van der Waals surface area contributed by atoms with Crippen LogP contribution in [0.3, 0.4) is 0 Å². The summed E-state index contributed by atoms with van der Waals surface area (Å²) in [7, 11) is 1.99. The number of rotatable bonds is 7. The molecule has 0 saturated heterocycles. The van der Waals surface area contributed by atoms with E-state index in [2.05, 4.69) is 12.2 Å². The minimum absolute atomic E-state index is 0.647. The molecule has 0 amide bonds. The van der Waals surface area contributed by atoms with E-state index in [1.54, 1.807) is 0 Å². The standard InChI is InChI=1S/C10H21NO/c1-9(7-11-2)8-12-6-5-10-3-4-10/h9-11H,3-8H2,1-2H3. The second-order valence-corrected chi connectivity index (χ2v) is 3.97. The molecule has 1 atom stereocenters. The molecule has 72 valence electrons. The highest BCUT2D eigenvalue weighted by Gasteiger charge is 2.20. The van der Waals surface area contributed by atoms with Crippen LogP contribution in [0.2, 0.25) is 0 Å². The summed E-state index contributed by atoms with van der Waals surface area (Å²) < 4.78 is 5.56. The maximum Gasteiger partial charge on any atom is 0.0503 e. The third kappa shape index (κ3) is 4.73. The van der Waals surface area contributed by atoms with Crippen LogP contribution < -0.4 is 5.32 Å². The highest BCUT2D eigenvalue weighted by Crippen LogP contribution is 2.32. The first-order chi connectivity index (χ1) is 5.83. The van der Waals surface area contributed by atoms with Crippen molar-refractivity contribution in [2.24, 2.45) is 11.8 Å². The van der Waals surface area contributed by atoms with Gasteiger partial charge in [0.05, 0.1) is 6.61 Å². The normalized spacial score (nSPS) is 19.5. The Morgan fingerprint density at radius 1 is 1.50 bits per heavy atom. The smallest absolute Gasteiger partial charge is 0.0503 e. The Balaban J connectivity index is 1.80. The van der Waals surface area contributed by atoms with Crippen molar-refractivity contribution in [3.8, 4) is 0 Å². The van der Waals surface area contributed by atoms with E-state index in [0.29, 0.717) is 5.92 Å². The topological polar surface area (TPSA) is 21.3 Å². The lowest BCUT2D eigenvalue weighted by molar-refractivity contribution is 0.100. The Morgan fingerprint density at radius 2 is 2.25 bits per heavy atom. The van der Waals surface area contributed by atoms with E-state index in [-0.39, 0.29) is 0 Å². The Labute approximate surface area is 75.7 Å². The second kappa shape index (κ2) is 5.55. The van der Waals surface area contributed by atoms with Crippen molar-refractivity contribution in [2.75, 3.05) is 26.8 Å². The van der Waals surface area contributed by atoms with Crippen LogP contribution in [0, 0.1) is 11.8 Å². The average molecular weight is 171 g/mol. The molecule has 1 aliphatic rings. The zero-order chi connectivity index (χ0) is 8.81. The van der Waals surface area contributed by atoms with Gasteiger partial charge in [-0.1, -0.05) is 19.8 Å². The summed E-state index contributed by atoms with van der Waals surface area (Å²) in [6.45, 7) is 5.16. The Bertz CT molecular complexity index is 112. The van der Waals surface area contributed by atoms with Gasteiger partial charge in [0, 0.05) is 6.61 Å². The first-order valence-electron chi connectivity index (χ1n) is 5.05. The molecule has 1 fully saturated rings. The van der Waals surface area contributed by atoms with Gasteiger partial charge in [-0.25, -0.2) is 0 Å². The van der Waals surface area contributed by atoms with E-state index < -0.39 is 0 Å². The van der Waals surface area contributed by atoms with E-state index >= 15 is 0 Å².